The molecule has 4 heterocycles. The molecule has 6 nitrogen and oxygen atoms in total. The van der Waals surface area contributed by atoms with E-state index in [2.05, 4.69) is 47.8 Å². The van der Waals surface area contributed by atoms with Gasteiger partial charge in [0.2, 0.25) is 0 Å². The van der Waals surface area contributed by atoms with Crippen LogP contribution in [0.25, 0.3) is 11.0 Å². The van der Waals surface area contributed by atoms with Crippen molar-refractivity contribution >= 4 is 40.1 Å². The van der Waals surface area contributed by atoms with E-state index in [-0.39, 0.29) is 0 Å². The molecule has 0 aromatic carbocycles. The molecule has 5 rings (SSSR count). The Kier molecular flexibility index (Phi) is 4.39. The molecule has 0 radical (unpaired) electrons. The van der Waals surface area contributed by atoms with Crippen molar-refractivity contribution in [3.05, 3.63) is 34.4 Å². The highest BCUT2D eigenvalue weighted by Crippen LogP contribution is 2.46. The molecular formula is C19H24N6S2. The van der Waals surface area contributed by atoms with Crippen molar-refractivity contribution in [1.29, 1.82) is 0 Å². The van der Waals surface area contributed by atoms with Crippen LogP contribution in [-0.4, -0.2) is 52.1 Å². The first kappa shape index (κ1) is 17.5. The number of rotatable bonds is 5. The molecule has 1 aliphatic carbocycles. The fraction of sp³-hybridized carbons (Fsp3) is 0.474. The van der Waals surface area contributed by atoms with Crippen LogP contribution in [-0.2, 0) is 6.54 Å². The molecule has 0 amide bonds. The molecule has 0 atom stereocenters. The van der Waals surface area contributed by atoms with E-state index in [1.54, 1.807) is 18.3 Å². The number of hydrogen-bond acceptors (Lipinski definition) is 7. The quantitative estimate of drug-likeness (QED) is 0.640. The maximum absolute atomic E-state index is 4.61. The largest absolute Gasteiger partial charge is 0.353 e. The summed E-state index contributed by atoms with van der Waals surface area (Å²) in [6, 6.07) is 2.09. The summed E-state index contributed by atoms with van der Waals surface area (Å²) in [5, 5.41) is 3.41. The third-order valence-electron chi connectivity index (χ3n) is 5.90. The molecule has 2 fully saturated rings. The number of fused-ring (bicyclic) bond motifs is 1. The van der Waals surface area contributed by atoms with Crippen molar-refractivity contribution in [2.75, 3.05) is 31.6 Å². The van der Waals surface area contributed by atoms with Gasteiger partial charge in [0.05, 0.1) is 5.39 Å². The minimum atomic E-state index is 0.318. The summed E-state index contributed by atoms with van der Waals surface area (Å²) < 4.78 is 3.20. The van der Waals surface area contributed by atoms with Gasteiger partial charge in [0, 0.05) is 53.1 Å². The van der Waals surface area contributed by atoms with Crippen molar-refractivity contribution in [2.45, 2.75) is 36.7 Å². The number of nitrogens with one attached hydrogen (secondary N) is 2. The number of hydrogen-bond donors (Lipinski definition) is 2. The lowest BCUT2D eigenvalue weighted by atomic mass is 10.1. The Hall–Kier alpha value is -1.61. The Labute approximate surface area is 167 Å². The maximum Gasteiger partial charge on any atom is 0.142 e. The normalized spacial score (nSPS) is 19.3. The third kappa shape index (κ3) is 3.04. The van der Waals surface area contributed by atoms with Gasteiger partial charge in [-0.15, -0.1) is 11.3 Å². The minimum Gasteiger partial charge on any atom is -0.353 e. The first-order valence-electron chi connectivity index (χ1n) is 9.39. The number of H-pyrrole nitrogens is 1. The maximum atomic E-state index is 4.61. The molecule has 1 spiro atoms. The number of piperazine rings is 1. The molecule has 8 heteroatoms. The topological polar surface area (TPSA) is 60.1 Å². The smallest absolute Gasteiger partial charge is 0.142 e. The lowest BCUT2D eigenvalue weighted by Crippen LogP contribution is -2.54. The van der Waals surface area contributed by atoms with Crippen molar-refractivity contribution in [3.8, 4) is 0 Å². The van der Waals surface area contributed by atoms with Crippen LogP contribution in [0.2, 0.25) is 0 Å². The van der Waals surface area contributed by atoms with Crippen LogP contribution in [0.15, 0.2) is 28.9 Å². The summed E-state index contributed by atoms with van der Waals surface area (Å²) in [5.41, 5.74) is 2.68. The standard InChI is InChI=1S/C19H24N6S2/c1-13-15(26-10-16(13)27-20-2)9-25-8-7-24(11-19(25)4-5-19)18-14-3-6-21-17(14)22-12-23-18/h3,6,10,12,20H,4-5,7-9,11H2,1-2H3,(H,21,22,23). The fourth-order valence-electron chi connectivity index (χ4n) is 4.15. The van der Waals surface area contributed by atoms with Crippen molar-refractivity contribution in [3.63, 3.8) is 0 Å². The number of anilines is 1. The number of thiophene rings is 1. The van der Waals surface area contributed by atoms with E-state index in [1.807, 2.05) is 24.6 Å². The predicted molar refractivity (Wildman–Crippen MR) is 112 cm³/mol. The van der Waals surface area contributed by atoms with Crippen LogP contribution >= 0.6 is 23.3 Å². The van der Waals surface area contributed by atoms with E-state index in [4.69, 9.17) is 0 Å². The van der Waals surface area contributed by atoms with Crippen molar-refractivity contribution < 1.29 is 0 Å². The van der Waals surface area contributed by atoms with Crippen LogP contribution in [0.4, 0.5) is 5.82 Å². The minimum absolute atomic E-state index is 0.318. The van der Waals surface area contributed by atoms with Gasteiger partial charge in [0.25, 0.3) is 0 Å². The summed E-state index contributed by atoms with van der Waals surface area (Å²) >= 11 is 3.61. The van der Waals surface area contributed by atoms with E-state index in [0.717, 1.165) is 43.0 Å². The molecule has 3 aromatic rings. The van der Waals surface area contributed by atoms with Gasteiger partial charge in [-0.25, -0.2) is 9.97 Å². The van der Waals surface area contributed by atoms with Gasteiger partial charge >= 0.3 is 0 Å². The lowest BCUT2D eigenvalue weighted by Gasteiger charge is -2.42. The SMILES string of the molecule is CNSc1csc(CN2CCN(c3ncnc4[nH]ccc34)CC23CC3)c1C. The highest BCUT2D eigenvalue weighted by atomic mass is 32.2. The molecule has 0 unspecified atom stereocenters. The number of aromatic amines is 1. The van der Waals surface area contributed by atoms with Crippen LogP contribution in [0.5, 0.6) is 0 Å². The Morgan fingerprint density at radius 3 is 3.04 bits per heavy atom. The zero-order chi connectivity index (χ0) is 18.4. The molecule has 1 saturated heterocycles. The highest BCUT2D eigenvalue weighted by Gasteiger charge is 2.51. The first-order valence-corrected chi connectivity index (χ1v) is 11.1. The summed E-state index contributed by atoms with van der Waals surface area (Å²) in [6.45, 7) is 6.49. The van der Waals surface area contributed by atoms with Crippen LogP contribution in [0.3, 0.4) is 0 Å². The second-order valence-corrected chi connectivity index (χ2v) is 9.48. The van der Waals surface area contributed by atoms with Crippen LogP contribution in [0.1, 0.15) is 23.3 Å². The van der Waals surface area contributed by atoms with Gasteiger partial charge in [-0.1, -0.05) is 0 Å². The predicted octanol–water partition coefficient (Wildman–Crippen LogP) is 3.41. The molecule has 2 N–H and O–H groups in total. The second-order valence-electron chi connectivity index (χ2n) is 7.46. The van der Waals surface area contributed by atoms with Crippen molar-refractivity contribution in [1.82, 2.24) is 24.6 Å². The lowest BCUT2D eigenvalue weighted by molar-refractivity contribution is 0.150. The zero-order valence-corrected chi connectivity index (χ0v) is 17.3. The molecule has 1 saturated carbocycles. The molecule has 0 bridgehead atoms. The third-order valence-corrected chi connectivity index (χ3v) is 7.97. The fourth-order valence-corrected chi connectivity index (χ4v) is 5.99. The summed E-state index contributed by atoms with van der Waals surface area (Å²) in [4.78, 5) is 20.2. The molecule has 3 aromatic heterocycles. The molecule has 142 valence electrons. The molecular weight excluding hydrogens is 376 g/mol. The van der Waals surface area contributed by atoms with E-state index >= 15 is 0 Å². The summed E-state index contributed by atoms with van der Waals surface area (Å²) in [5.74, 6) is 1.08. The van der Waals surface area contributed by atoms with E-state index in [1.165, 1.54) is 28.2 Å². The van der Waals surface area contributed by atoms with Gasteiger partial charge in [-0.2, -0.15) is 0 Å². The molecule has 2 aliphatic rings. The van der Waals surface area contributed by atoms with E-state index in [0.29, 0.717) is 5.54 Å². The van der Waals surface area contributed by atoms with E-state index in [9.17, 15) is 0 Å². The number of aromatic nitrogens is 3. The summed E-state index contributed by atoms with van der Waals surface area (Å²) in [7, 11) is 1.98. The zero-order valence-electron chi connectivity index (χ0n) is 15.7. The van der Waals surface area contributed by atoms with E-state index < -0.39 is 0 Å². The Morgan fingerprint density at radius 2 is 2.22 bits per heavy atom. The Morgan fingerprint density at radius 1 is 1.33 bits per heavy atom. The van der Waals surface area contributed by atoms with Gasteiger partial charge in [-0.3, -0.25) is 9.62 Å². The highest BCUT2D eigenvalue weighted by molar-refractivity contribution is 7.97. The summed E-state index contributed by atoms with van der Waals surface area (Å²) in [6.07, 6.45) is 6.20. The van der Waals surface area contributed by atoms with Gasteiger partial charge in [0.1, 0.15) is 17.8 Å². The Bertz CT molecular complexity index is 960. The second kappa shape index (κ2) is 6.77. The van der Waals surface area contributed by atoms with Crippen LogP contribution in [0, 0.1) is 6.92 Å². The van der Waals surface area contributed by atoms with Gasteiger partial charge < -0.3 is 9.88 Å². The average Bonchev–Trinajstić information content (AvgIpc) is 3.12. The monoisotopic (exact) mass is 400 g/mol. The van der Waals surface area contributed by atoms with Crippen LogP contribution < -0.4 is 9.62 Å². The average molecular weight is 401 g/mol. The molecule has 27 heavy (non-hydrogen) atoms. The van der Waals surface area contributed by atoms with Gasteiger partial charge in [-0.05, 0) is 50.4 Å². The van der Waals surface area contributed by atoms with Gasteiger partial charge in [0.15, 0.2) is 0 Å². The van der Waals surface area contributed by atoms with Crippen molar-refractivity contribution in [2.24, 2.45) is 0 Å². The Balaban J connectivity index is 1.35. The first-order chi connectivity index (χ1) is 13.2. The number of nitrogens with zero attached hydrogens (tertiary/aromatic N) is 4. The molecule has 1 aliphatic heterocycles.